The lowest BCUT2D eigenvalue weighted by molar-refractivity contribution is 0.0177. The summed E-state index contributed by atoms with van der Waals surface area (Å²) in [6, 6.07) is 1.37. The second kappa shape index (κ2) is 10.8. The van der Waals surface area contributed by atoms with E-state index in [0.29, 0.717) is 38.7 Å². The predicted octanol–water partition coefficient (Wildman–Crippen LogP) is 2.64. The average molecular weight is 485 g/mol. The van der Waals surface area contributed by atoms with Gasteiger partial charge in [-0.2, -0.15) is 0 Å². The summed E-state index contributed by atoms with van der Waals surface area (Å²) in [6.45, 7) is 8.44. The van der Waals surface area contributed by atoms with Crippen LogP contribution in [-0.2, 0) is 9.47 Å². The molecule has 2 fully saturated rings. The number of piperazine rings is 1. The lowest BCUT2D eigenvalue weighted by Gasteiger charge is -2.35. The highest BCUT2D eigenvalue weighted by Gasteiger charge is 2.29. The highest BCUT2D eigenvalue weighted by molar-refractivity contribution is 6.31. The van der Waals surface area contributed by atoms with E-state index in [1.165, 1.54) is 6.07 Å². The van der Waals surface area contributed by atoms with Crippen molar-refractivity contribution in [2.75, 3.05) is 51.4 Å². The third-order valence-corrected chi connectivity index (χ3v) is 5.84. The first-order valence-electron chi connectivity index (χ1n) is 11.1. The van der Waals surface area contributed by atoms with Crippen molar-refractivity contribution >= 4 is 29.5 Å². The van der Waals surface area contributed by atoms with Gasteiger partial charge in [0.05, 0.1) is 6.04 Å². The molecule has 1 amide bonds. The largest absolute Gasteiger partial charge is 0.489 e. The van der Waals surface area contributed by atoms with E-state index in [2.05, 4.69) is 10.3 Å². The van der Waals surface area contributed by atoms with Gasteiger partial charge in [0.2, 0.25) is 0 Å². The number of hydrogen-bond donors (Lipinski definition) is 2. The quantitative estimate of drug-likeness (QED) is 0.588. The zero-order valence-electron chi connectivity index (χ0n) is 19.6. The number of amides is 1. The van der Waals surface area contributed by atoms with Crippen LogP contribution in [0.5, 0.6) is 5.75 Å². The minimum absolute atomic E-state index is 0.0235. The van der Waals surface area contributed by atoms with E-state index in [1.54, 1.807) is 4.90 Å². The van der Waals surface area contributed by atoms with Gasteiger partial charge in [0.15, 0.2) is 10.9 Å². The molecular weight excluding hydrogens is 452 g/mol. The molecule has 33 heavy (non-hydrogen) atoms. The molecule has 3 rings (SSSR count). The molecule has 0 saturated carbocycles. The molecule has 0 spiro atoms. The first-order valence-corrected chi connectivity index (χ1v) is 11.5. The number of pyridine rings is 1. The molecular formula is C22H33ClN4O6. The highest BCUT2D eigenvalue weighted by atomic mass is 35.5. The van der Waals surface area contributed by atoms with Crippen LogP contribution in [-0.4, -0.2) is 91.2 Å². The van der Waals surface area contributed by atoms with E-state index in [0.717, 1.165) is 12.8 Å². The SMILES string of the molecule is CN(c1nc(Cl)c(OCC2CN(C(=O)OC(C)(C)C)CCN2)cc1C(=O)O)C1CCOCC1. The summed E-state index contributed by atoms with van der Waals surface area (Å²) in [6.07, 6.45) is 1.20. The van der Waals surface area contributed by atoms with E-state index < -0.39 is 11.6 Å². The van der Waals surface area contributed by atoms with Gasteiger partial charge in [-0.3, -0.25) is 0 Å². The van der Waals surface area contributed by atoms with Crippen molar-refractivity contribution in [3.05, 3.63) is 16.8 Å². The number of rotatable bonds is 6. The summed E-state index contributed by atoms with van der Waals surface area (Å²) < 4.78 is 16.7. The normalized spacial score (nSPS) is 19.8. The van der Waals surface area contributed by atoms with Crippen LogP contribution < -0.4 is 15.0 Å². The number of halogens is 1. The molecule has 1 unspecified atom stereocenters. The predicted molar refractivity (Wildman–Crippen MR) is 124 cm³/mol. The first-order chi connectivity index (χ1) is 15.5. The van der Waals surface area contributed by atoms with E-state index in [4.69, 9.17) is 25.8 Å². The van der Waals surface area contributed by atoms with Gasteiger partial charge in [0, 0.05) is 52.0 Å². The summed E-state index contributed by atoms with van der Waals surface area (Å²) in [5.74, 6) is -0.613. The van der Waals surface area contributed by atoms with Gasteiger partial charge in [0.1, 0.15) is 23.6 Å². The molecule has 3 heterocycles. The van der Waals surface area contributed by atoms with Crippen molar-refractivity contribution in [1.82, 2.24) is 15.2 Å². The van der Waals surface area contributed by atoms with Crippen molar-refractivity contribution in [1.29, 1.82) is 0 Å². The van der Waals surface area contributed by atoms with Gasteiger partial charge < -0.3 is 34.4 Å². The Morgan fingerprint density at radius 2 is 2.06 bits per heavy atom. The molecule has 0 aromatic carbocycles. The van der Waals surface area contributed by atoms with Crippen molar-refractivity contribution in [3.8, 4) is 5.75 Å². The minimum atomic E-state index is -1.11. The monoisotopic (exact) mass is 484 g/mol. The maximum atomic E-state index is 12.4. The number of carbonyl (C=O) groups is 2. The number of carboxylic acids is 1. The number of aromatic nitrogens is 1. The number of nitrogens with one attached hydrogen (secondary N) is 1. The molecule has 2 aliphatic rings. The van der Waals surface area contributed by atoms with Crippen LogP contribution in [0.1, 0.15) is 44.0 Å². The number of carbonyl (C=O) groups excluding carboxylic acids is 1. The fourth-order valence-corrected chi connectivity index (χ4v) is 4.05. The van der Waals surface area contributed by atoms with Crippen LogP contribution in [0.2, 0.25) is 5.15 Å². The molecule has 1 aromatic heterocycles. The zero-order valence-corrected chi connectivity index (χ0v) is 20.4. The zero-order chi connectivity index (χ0) is 24.2. The fraction of sp³-hybridized carbons (Fsp3) is 0.682. The number of hydrogen-bond acceptors (Lipinski definition) is 8. The summed E-state index contributed by atoms with van der Waals surface area (Å²) in [4.78, 5) is 32.2. The van der Waals surface area contributed by atoms with Crippen molar-refractivity contribution in [2.45, 2.75) is 51.3 Å². The van der Waals surface area contributed by atoms with Gasteiger partial charge >= 0.3 is 12.1 Å². The number of carboxylic acid groups (broad SMARTS) is 1. The maximum Gasteiger partial charge on any atom is 0.410 e. The summed E-state index contributed by atoms with van der Waals surface area (Å²) >= 11 is 6.37. The van der Waals surface area contributed by atoms with Crippen molar-refractivity contribution in [3.63, 3.8) is 0 Å². The standard InChI is InChI=1S/C22H33ClN4O6/c1-22(2,3)33-21(30)27-8-7-24-14(12-27)13-32-17-11-16(20(28)29)19(25-18(17)23)26(4)15-5-9-31-10-6-15/h11,14-15,24H,5-10,12-13H2,1-4H3,(H,28,29). The Balaban J connectivity index is 1.67. The van der Waals surface area contributed by atoms with Crippen LogP contribution >= 0.6 is 11.6 Å². The van der Waals surface area contributed by atoms with Crippen LogP contribution in [0.15, 0.2) is 6.07 Å². The molecule has 11 heteroatoms. The third kappa shape index (κ3) is 6.84. The molecule has 2 N–H and O–H groups in total. The number of ether oxygens (including phenoxy) is 3. The van der Waals surface area contributed by atoms with E-state index in [-0.39, 0.29) is 41.2 Å². The van der Waals surface area contributed by atoms with Crippen molar-refractivity contribution in [2.24, 2.45) is 0 Å². The topological polar surface area (TPSA) is 113 Å². The molecule has 1 atom stereocenters. The van der Waals surface area contributed by atoms with E-state index in [9.17, 15) is 14.7 Å². The Hall–Kier alpha value is -2.30. The minimum Gasteiger partial charge on any atom is -0.489 e. The molecule has 2 aliphatic heterocycles. The lowest BCUT2D eigenvalue weighted by Crippen LogP contribution is -2.55. The van der Waals surface area contributed by atoms with Gasteiger partial charge in [0.25, 0.3) is 0 Å². The van der Waals surface area contributed by atoms with Gasteiger partial charge in [-0.05, 0) is 33.6 Å². The van der Waals surface area contributed by atoms with Crippen LogP contribution in [0.3, 0.4) is 0 Å². The molecule has 10 nitrogen and oxygen atoms in total. The summed E-state index contributed by atoms with van der Waals surface area (Å²) in [5, 5.41) is 13.2. The second-order valence-electron chi connectivity index (χ2n) is 9.30. The molecule has 2 saturated heterocycles. The second-order valence-corrected chi connectivity index (χ2v) is 9.65. The Morgan fingerprint density at radius 1 is 1.36 bits per heavy atom. The third-order valence-electron chi connectivity index (χ3n) is 5.57. The van der Waals surface area contributed by atoms with Gasteiger partial charge in [-0.15, -0.1) is 0 Å². The number of anilines is 1. The molecule has 0 radical (unpaired) electrons. The average Bonchev–Trinajstić information content (AvgIpc) is 2.77. The van der Waals surface area contributed by atoms with Gasteiger partial charge in [-0.1, -0.05) is 11.6 Å². The van der Waals surface area contributed by atoms with Crippen LogP contribution in [0.25, 0.3) is 0 Å². The van der Waals surface area contributed by atoms with Crippen LogP contribution in [0.4, 0.5) is 10.6 Å². The smallest absolute Gasteiger partial charge is 0.410 e. The number of nitrogens with zero attached hydrogens (tertiary/aromatic N) is 3. The number of aromatic carboxylic acids is 1. The summed E-state index contributed by atoms with van der Waals surface area (Å²) in [7, 11) is 1.82. The van der Waals surface area contributed by atoms with Gasteiger partial charge in [-0.25, -0.2) is 14.6 Å². The Morgan fingerprint density at radius 3 is 2.70 bits per heavy atom. The Labute approximate surface area is 199 Å². The molecule has 1 aromatic rings. The van der Waals surface area contributed by atoms with E-state index >= 15 is 0 Å². The molecule has 184 valence electrons. The fourth-order valence-electron chi connectivity index (χ4n) is 3.86. The van der Waals surface area contributed by atoms with Crippen LogP contribution in [0, 0.1) is 0 Å². The first kappa shape index (κ1) is 25.3. The van der Waals surface area contributed by atoms with Crippen molar-refractivity contribution < 1.29 is 28.9 Å². The highest BCUT2D eigenvalue weighted by Crippen LogP contribution is 2.32. The Kier molecular flexibility index (Phi) is 8.25. The maximum absolute atomic E-state index is 12.4. The Bertz CT molecular complexity index is 856. The summed E-state index contributed by atoms with van der Waals surface area (Å²) in [5.41, 5.74) is -0.546. The van der Waals surface area contributed by atoms with E-state index in [1.807, 2.05) is 32.7 Å². The molecule has 0 bridgehead atoms. The molecule has 0 aliphatic carbocycles. The lowest BCUT2D eigenvalue weighted by atomic mass is 10.1.